The summed E-state index contributed by atoms with van der Waals surface area (Å²) in [6.07, 6.45) is 1.30. The maximum Gasteiger partial charge on any atom is 0.317 e. The average molecular weight is 386 g/mol. The monoisotopic (exact) mass is 385 g/mol. The third-order valence-electron chi connectivity index (χ3n) is 3.40. The average Bonchev–Trinajstić information content (AvgIpc) is 3.25. The number of hydrogen-bond acceptors (Lipinski definition) is 4. The molecular weight excluding hydrogens is 366 g/mol. The first-order chi connectivity index (χ1) is 10.4. The lowest BCUT2D eigenvalue weighted by Gasteiger charge is -2.13. The van der Waals surface area contributed by atoms with Gasteiger partial charge >= 0.3 is 5.97 Å². The molecule has 0 unspecified atom stereocenters. The molecule has 0 bridgehead atoms. The van der Waals surface area contributed by atoms with Gasteiger partial charge in [-0.15, -0.1) is 11.8 Å². The van der Waals surface area contributed by atoms with Crippen LogP contribution in [-0.2, 0) is 14.3 Å². The standard InChI is InChI=1S/C16H20BrNO3S/c1-9-7-14(10(2)6-13(9)17)22-8-15(19)21-11(3)16(20)18-12-4-5-12/h6-7,11-12H,4-5,8H2,1-3H3,(H,18,20)/t11-/m1/s1. The normalized spacial score (nSPS) is 15.3. The molecule has 0 saturated heterocycles. The van der Waals surface area contributed by atoms with E-state index >= 15 is 0 Å². The van der Waals surface area contributed by atoms with Crippen molar-refractivity contribution in [1.82, 2.24) is 5.32 Å². The summed E-state index contributed by atoms with van der Waals surface area (Å²) in [4.78, 5) is 24.7. The third-order valence-corrected chi connectivity index (χ3v) is 5.39. The number of aryl methyl sites for hydroxylation is 2. The van der Waals surface area contributed by atoms with E-state index in [4.69, 9.17) is 4.74 Å². The molecule has 0 aromatic heterocycles. The van der Waals surface area contributed by atoms with Gasteiger partial charge in [0.1, 0.15) is 0 Å². The zero-order valence-corrected chi connectivity index (χ0v) is 15.3. The summed E-state index contributed by atoms with van der Waals surface area (Å²) in [5.74, 6) is -0.386. The van der Waals surface area contributed by atoms with Gasteiger partial charge in [0.15, 0.2) is 6.10 Å². The fourth-order valence-corrected chi connectivity index (χ4v) is 3.22. The van der Waals surface area contributed by atoms with Crippen molar-refractivity contribution < 1.29 is 14.3 Å². The molecule has 120 valence electrons. The number of nitrogens with one attached hydrogen (secondary N) is 1. The van der Waals surface area contributed by atoms with Gasteiger partial charge in [0.2, 0.25) is 0 Å². The van der Waals surface area contributed by atoms with Crippen molar-refractivity contribution >= 4 is 39.6 Å². The first-order valence-corrected chi connectivity index (χ1v) is 9.04. The van der Waals surface area contributed by atoms with E-state index in [1.54, 1.807) is 6.92 Å². The van der Waals surface area contributed by atoms with Crippen molar-refractivity contribution in [2.24, 2.45) is 0 Å². The first-order valence-electron chi connectivity index (χ1n) is 7.26. The Hall–Kier alpha value is -1.01. The Bertz CT molecular complexity index is 587. The van der Waals surface area contributed by atoms with Crippen LogP contribution < -0.4 is 5.32 Å². The number of ether oxygens (including phenoxy) is 1. The Balaban J connectivity index is 1.82. The maximum absolute atomic E-state index is 11.9. The van der Waals surface area contributed by atoms with Crippen LogP contribution in [0, 0.1) is 13.8 Å². The summed E-state index contributed by atoms with van der Waals surface area (Å²) in [5, 5.41) is 2.83. The fraction of sp³-hybridized carbons (Fsp3) is 0.500. The van der Waals surface area contributed by atoms with E-state index in [9.17, 15) is 9.59 Å². The predicted molar refractivity (Wildman–Crippen MR) is 91.1 cm³/mol. The number of halogens is 1. The highest BCUT2D eigenvalue weighted by molar-refractivity contribution is 9.10. The molecule has 1 amide bonds. The van der Waals surface area contributed by atoms with Gasteiger partial charge in [-0.1, -0.05) is 15.9 Å². The van der Waals surface area contributed by atoms with E-state index in [1.807, 2.05) is 26.0 Å². The summed E-state index contributed by atoms with van der Waals surface area (Å²) < 4.78 is 6.23. The summed E-state index contributed by atoms with van der Waals surface area (Å²) in [7, 11) is 0. The Kier molecular flexibility index (Phi) is 5.92. The van der Waals surface area contributed by atoms with Crippen molar-refractivity contribution in [2.75, 3.05) is 5.75 Å². The number of amides is 1. The highest BCUT2D eigenvalue weighted by Crippen LogP contribution is 2.28. The molecule has 0 spiro atoms. The van der Waals surface area contributed by atoms with E-state index in [2.05, 4.69) is 21.2 Å². The van der Waals surface area contributed by atoms with E-state index in [0.717, 1.165) is 33.3 Å². The molecule has 1 aliphatic carbocycles. The van der Waals surface area contributed by atoms with Crippen molar-refractivity contribution in [2.45, 2.75) is 50.7 Å². The lowest BCUT2D eigenvalue weighted by atomic mass is 10.2. The zero-order chi connectivity index (χ0) is 16.3. The summed E-state index contributed by atoms with van der Waals surface area (Å²) in [6.45, 7) is 5.62. The van der Waals surface area contributed by atoms with Crippen LogP contribution in [0.15, 0.2) is 21.5 Å². The minimum absolute atomic E-state index is 0.197. The van der Waals surface area contributed by atoms with Gasteiger partial charge in [0.25, 0.3) is 5.91 Å². The predicted octanol–water partition coefficient (Wildman–Crippen LogP) is 3.37. The molecule has 1 saturated carbocycles. The van der Waals surface area contributed by atoms with Gasteiger partial charge in [-0.3, -0.25) is 9.59 Å². The number of rotatable bonds is 6. The molecule has 0 radical (unpaired) electrons. The maximum atomic E-state index is 11.9. The molecule has 1 aromatic rings. The Morgan fingerprint density at radius 1 is 1.36 bits per heavy atom. The molecule has 1 N–H and O–H groups in total. The zero-order valence-electron chi connectivity index (χ0n) is 12.9. The van der Waals surface area contributed by atoms with Crippen LogP contribution in [0.3, 0.4) is 0 Å². The highest BCUT2D eigenvalue weighted by atomic mass is 79.9. The second kappa shape index (κ2) is 7.51. The van der Waals surface area contributed by atoms with Crippen molar-refractivity contribution in [3.63, 3.8) is 0 Å². The van der Waals surface area contributed by atoms with Gasteiger partial charge in [-0.2, -0.15) is 0 Å². The lowest BCUT2D eigenvalue weighted by Crippen LogP contribution is -2.37. The minimum Gasteiger partial charge on any atom is -0.452 e. The molecule has 6 heteroatoms. The number of carbonyl (C=O) groups excluding carboxylic acids is 2. The van der Waals surface area contributed by atoms with E-state index < -0.39 is 6.10 Å². The molecule has 2 rings (SSSR count). The number of benzene rings is 1. The first kappa shape index (κ1) is 17.3. The van der Waals surface area contributed by atoms with Crippen LogP contribution in [0.4, 0.5) is 0 Å². The van der Waals surface area contributed by atoms with Gasteiger partial charge in [0, 0.05) is 15.4 Å². The fourth-order valence-electron chi connectivity index (χ4n) is 1.88. The number of carbonyl (C=O) groups is 2. The van der Waals surface area contributed by atoms with Crippen LogP contribution >= 0.6 is 27.7 Å². The quantitative estimate of drug-likeness (QED) is 0.602. The topological polar surface area (TPSA) is 55.4 Å². The van der Waals surface area contributed by atoms with E-state index in [-0.39, 0.29) is 23.7 Å². The van der Waals surface area contributed by atoms with Crippen molar-refractivity contribution in [3.05, 3.63) is 27.7 Å². The Labute approximate surface area is 143 Å². The molecule has 1 fully saturated rings. The molecule has 1 aromatic carbocycles. The number of hydrogen-bond donors (Lipinski definition) is 1. The second-order valence-corrected chi connectivity index (χ2v) is 7.44. The van der Waals surface area contributed by atoms with Crippen LogP contribution in [0.5, 0.6) is 0 Å². The molecule has 22 heavy (non-hydrogen) atoms. The third kappa shape index (κ3) is 5.02. The molecule has 4 nitrogen and oxygen atoms in total. The van der Waals surface area contributed by atoms with Gasteiger partial charge in [-0.25, -0.2) is 0 Å². The van der Waals surface area contributed by atoms with Crippen molar-refractivity contribution in [3.8, 4) is 0 Å². The van der Waals surface area contributed by atoms with Crippen LogP contribution in [0.1, 0.15) is 30.9 Å². The van der Waals surface area contributed by atoms with Crippen LogP contribution in [0.2, 0.25) is 0 Å². The Morgan fingerprint density at radius 2 is 2.05 bits per heavy atom. The molecule has 1 atom stereocenters. The van der Waals surface area contributed by atoms with Gasteiger partial charge in [0.05, 0.1) is 5.75 Å². The van der Waals surface area contributed by atoms with E-state index in [1.165, 1.54) is 11.8 Å². The van der Waals surface area contributed by atoms with Crippen molar-refractivity contribution in [1.29, 1.82) is 0 Å². The molecule has 1 aliphatic rings. The van der Waals surface area contributed by atoms with Crippen LogP contribution in [0.25, 0.3) is 0 Å². The summed E-state index contributed by atoms with van der Waals surface area (Å²) in [6, 6.07) is 4.35. The van der Waals surface area contributed by atoms with Crippen LogP contribution in [-0.4, -0.2) is 29.8 Å². The van der Waals surface area contributed by atoms with E-state index in [0.29, 0.717) is 0 Å². The smallest absolute Gasteiger partial charge is 0.317 e. The highest BCUT2D eigenvalue weighted by Gasteiger charge is 2.27. The lowest BCUT2D eigenvalue weighted by molar-refractivity contribution is -0.152. The van der Waals surface area contributed by atoms with Gasteiger partial charge in [-0.05, 0) is 56.9 Å². The second-order valence-electron chi connectivity index (χ2n) is 5.57. The number of esters is 1. The SMILES string of the molecule is Cc1cc(SCC(=O)O[C@H](C)C(=O)NC2CC2)c(C)cc1Br. The minimum atomic E-state index is -0.735. The largest absolute Gasteiger partial charge is 0.452 e. The summed E-state index contributed by atoms with van der Waals surface area (Å²) >= 11 is 4.92. The summed E-state index contributed by atoms with van der Waals surface area (Å²) in [5.41, 5.74) is 2.23. The molecular formula is C16H20BrNO3S. The Morgan fingerprint density at radius 3 is 2.68 bits per heavy atom. The van der Waals surface area contributed by atoms with Gasteiger partial charge < -0.3 is 10.1 Å². The molecule has 0 heterocycles. The molecule has 0 aliphatic heterocycles. The number of thioether (sulfide) groups is 1.